The molecule has 0 saturated heterocycles. The summed E-state index contributed by atoms with van der Waals surface area (Å²) in [6, 6.07) is 5.33. The van der Waals surface area contributed by atoms with Crippen LogP contribution in [0.15, 0.2) is 23.2 Å². The van der Waals surface area contributed by atoms with E-state index in [-0.39, 0.29) is 5.54 Å². The summed E-state index contributed by atoms with van der Waals surface area (Å²) in [5.41, 5.74) is 6.36. The number of nitrogens with one attached hydrogen (secondary N) is 1. The van der Waals surface area contributed by atoms with Crippen LogP contribution in [0.1, 0.15) is 20.8 Å². The van der Waals surface area contributed by atoms with Crippen LogP contribution in [0.4, 0.5) is 5.69 Å². The first-order chi connectivity index (χ1) is 7.81. The molecular formula is C12H18ClN3O. The van der Waals surface area contributed by atoms with Gasteiger partial charge in [0.15, 0.2) is 5.96 Å². The Morgan fingerprint density at radius 3 is 2.59 bits per heavy atom. The van der Waals surface area contributed by atoms with E-state index in [4.69, 9.17) is 22.1 Å². The summed E-state index contributed by atoms with van der Waals surface area (Å²) in [5, 5.41) is 3.55. The minimum atomic E-state index is -0.215. The van der Waals surface area contributed by atoms with E-state index in [1.807, 2.05) is 26.8 Å². The highest BCUT2D eigenvalue weighted by atomic mass is 35.5. The first-order valence-electron chi connectivity index (χ1n) is 5.28. The third-order valence-electron chi connectivity index (χ3n) is 1.88. The van der Waals surface area contributed by atoms with Gasteiger partial charge in [0.25, 0.3) is 0 Å². The van der Waals surface area contributed by atoms with E-state index in [1.54, 1.807) is 19.2 Å². The molecule has 0 spiro atoms. The molecule has 94 valence electrons. The molecule has 0 amide bonds. The number of rotatable bonds is 2. The van der Waals surface area contributed by atoms with Gasteiger partial charge >= 0.3 is 0 Å². The average Bonchev–Trinajstić information content (AvgIpc) is 2.18. The van der Waals surface area contributed by atoms with Gasteiger partial charge in [-0.2, -0.15) is 0 Å². The van der Waals surface area contributed by atoms with Gasteiger partial charge in [0.2, 0.25) is 0 Å². The van der Waals surface area contributed by atoms with Crippen LogP contribution < -0.4 is 15.8 Å². The number of hydrogen-bond acceptors (Lipinski definition) is 2. The van der Waals surface area contributed by atoms with Gasteiger partial charge < -0.3 is 15.8 Å². The Labute approximate surface area is 107 Å². The van der Waals surface area contributed by atoms with Crippen molar-refractivity contribution in [3.8, 4) is 5.75 Å². The van der Waals surface area contributed by atoms with Crippen molar-refractivity contribution in [2.75, 3.05) is 12.4 Å². The van der Waals surface area contributed by atoms with Crippen molar-refractivity contribution in [1.29, 1.82) is 0 Å². The number of nitrogens with zero attached hydrogens (tertiary/aromatic N) is 1. The van der Waals surface area contributed by atoms with Crippen LogP contribution in [-0.2, 0) is 0 Å². The minimum Gasteiger partial charge on any atom is -0.495 e. The van der Waals surface area contributed by atoms with Gasteiger partial charge in [-0.25, -0.2) is 4.99 Å². The van der Waals surface area contributed by atoms with Gasteiger partial charge in [-0.15, -0.1) is 0 Å². The van der Waals surface area contributed by atoms with Crippen LogP contribution in [-0.4, -0.2) is 18.6 Å². The molecule has 0 unspecified atom stereocenters. The minimum absolute atomic E-state index is 0.215. The molecule has 0 radical (unpaired) electrons. The Balaban J connectivity index is 2.86. The summed E-state index contributed by atoms with van der Waals surface area (Å²) in [4.78, 5) is 4.29. The molecule has 1 aromatic rings. The van der Waals surface area contributed by atoms with E-state index in [2.05, 4.69) is 10.3 Å². The Morgan fingerprint density at radius 1 is 1.41 bits per heavy atom. The highest BCUT2D eigenvalue weighted by Gasteiger charge is 2.08. The lowest BCUT2D eigenvalue weighted by Gasteiger charge is -2.15. The zero-order valence-corrected chi connectivity index (χ0v) is 11.3. The summed E-state index contributed by atoms with van der Waals surface area (Å²) < 4.78 is 5.12. The molecule has 0 aromatic heterocycles. The molecule has 0 fully saturated rings. The molecule has 0 aliphatic carbocycles. The fourth-order valence-corrected chi connectivity index (χ4v) is 1.47. The van der Waals surface area contributed by atoms with Crippen molar-refractivity contribution in [2.45, 2.75) is 26.3 Å². The molecule has 17 heavy (non-hydrogen) atoms. The number of hydrogen-bond donors (Lipinski definition) is 2. The zero-order valence-electron chi connectivity index (χ0n) is 10.5. The lowest BCUT2D eigenvalue weighted by atomic mass is 10.1. The summed E-state index contributed by atoms with van der Waals surface area (Å²) in [5.74, 6) is 0.960. The normalized spacial score (nSPS) is 12.4. The second-order valence-corrected chi connectivity index (χ2v) is 5.05. The third-order valence-corrected chi connectivity index (χ3v) is 2.19. The van der Waals surface area contributed by atoms with E-state index in [0.717, 1.165) is 5.69 Å². The number of ether oxygens (including phenoxy) is 1. The molecule has 0 atom stereocenters. The Kier molecular flexibility index (Phi) is 4.23. The number of nitrogens with two attached hydrogens (primary N) is 1. The van der Waals surface area contributed by atoms with Crippen LogP contribution in [0, 0.1) is 0 Å². The fourth-order valence-electron chi connectivity index (χ4n) is 1.27. The lowest BCUT2D eigenvalue weighted by molar-refractivity contribution is 0.415. The van der Waals surface area contributed by atoms with Crippen molar-refractivity contribution in [1.82, 2.24) is 0 Å². The van der Waals surface area contributed by atoms with Crippen LogP contribution in [0.3, 0.4) is 0 Å². The number of aliphatic imine (C=N–C) groups is 1. The van der Waals surface area contributed by atoms with Crippen molar-refractivity contribution in [3.05, 3.63) is 23.2 Å². The molecule has 0 aliphatic rings. The molecule has 5 heteroatoms. The first kappa shape index (κ1) is 13.6. The van der Waals surface area contributed by atoms with E-state index in [0.29, 0.717) is 16.7 Å². The van der Waals surface area contributed by atoms with Crippen molar-refractivity contribution in [2.24, 2.45) is 10.7 Å². The maximum absolute atomic E-state index is 5.93. The molecule has 3 N–H and O–H groups in total. The third kappa shape index (κ3) is 4.53. The number of anilines is 1. The molecule has 4 nitrogen and oxygen atoms in total. The van der Waals surface area contributed by atoms with Crippen LogP contribution >= 0.6 is 11.6 Å². The summed E-state index contributed by atoms with van der Waals surface area (Å²) in [6.45, 7) is 5.93. The first-order valence-corrected chi connectivity index (χ1v) is 5.65. The second-order valence-electron chi connectivity index (χ2n) is 4.64. The largest absolute Gasteiger partial charge is 0.495 e. The quantitative estimate of drug-likeness (QED) is 0.631. The monoisotopic (exact) mass is 255 g/mol. The van der Waals surface area contributed by atoms with Gasteiger partial charge in [0.1, 0.15) is 5.75 Å². The molecular weight excluding hydrogens is 238 g/mol. The predicted octanol–water partition coefficient (Wildman–Crippen LogP) is 2.87. The van der Waals surface area contributed by atoms with Crippen LogP contribution in [0.5, 0.6) is 5.75 Å². The molecule has 0 heterocycles. The highest BCUT2D eigenvalue weighted by Crippen LogP contribution is 2.27. The molecule has 0 saturated carbocycles. The lowest BCUT2D eigenvalue weighted by Crippen LogP contribution is -2.27. The smallest absolute Gasteiger partial charge is 0.193 e. The average molecular weight is 256 g/mol. The zero-order chi connectivity index (χ0) is 13.1. The van der Waals surface area contributed by atoms with Crippen LogP contribution in [0.2, 0.25) is 5.02 Å². The standard InChI is InChI=1S/C12H18ClN3O/c1-12(2,3)16-11(14)15-8-5-6-9(13)10(7-8)17-4/h5-7H,1-4H3,(H3,14,15,16). The fraction of sp³-hybridized carbons (Fsp3) is 0.417. The Bertz CT molecular complexity index is 424. The summed E-state index contributed by atoms with van der Waals surface area (Å²) in [7, 11) is 1.57. The topological polar surface area (TPSA) is 59.6 Å². The Hall–Kier alpha value is -1.42. The number of halogens is 1. The van der Waals surface area contributed by atoms with E-state index < -0.39 is 0 Å². The van der Waals surface area contributed by atoms with E-state index in [1.165, 1.54) is 0 Å². The van der Waals surface area contributed by atoms with Crippen molar-refractivity contribution >= 4 is 23.2 Å². The summed E-state index contributed by atoms with van der Waals surface area (Å²) in [6.07, 6.45) is 0. The summed E-state index contributed by atoms with van der Waals surface area (Å²) >= 11 is 5.93. The SMILES string of the molecule is COc1cc(NC(N)=NC(C)(C)C)ccc1Cl. The van der Waals surface area contributed by atoms with Gasteiger partial charge in [-0.3, -0.25) is 0 Å². The van der Waals surface area contributed by atoms with Crippen molar-refractivity contribution < 1.29 is 4.74 Å². The predicted molar refractivity (Wildman–Crippen MR) is 73.0 cm³/mol. The van der Waals surface area contributed by atoms with Gasteiger partial charge in [-0.05, 0) is 32.9 Å². The second kappa shape index (κ2) is 5.27. The van der Waals surface area contributed by atoms with Gasteiger partial charge in [-0.1, -0.05) is 11.6 Å². The molecule has 0 bridgehead atoms. The van der Waals surface area contributed by atoms with Crippen LogP contribution in [0.25, 0.3) is 0 Å². The number of guanidine groups is 1. The van der Waals surface area contributed by atoms with E-state index >= 15 is 0 Å². The molecule has 1 aromatic carbocycles. The number of benzene rings is 1. The highest BCUT2D eigenvalue weighted by molar-refractivity contribution is 6.32. The van der Waals surface area contributed by atoms with Gasteiger partial charge in [0, 0.05) is 11.8 Å². The Morgan fingerprint density at radius 2 is 2.06 bits per heavy atom. The maximum Gasteiger partial charge on any atom is 0.193 e. The molecule has 1 rings (SSSR count). The maximum atomic E-state index is 5.93. The van der Waals surface area contributed by atoms with E-state index in [9.17, 15) is 0 Å². The van der Waals surface area contributed by atoms with Crippen molar-refractivity contribution in [3.63, 3.8) is 0 Å². The number of methoxy groups -OCH3 is 1. The van der Waals surface area contributed by atoms with Gasteiger partial charge in [0.05, 0.1) is 17.7 Å². The molecule has 0 aliphatic heterocycles.